The Morgan fingerprint density at radius 2 is 1.92 bits per heavy atom. The summed E-state index contributed by atoms with van der Waals surface area (Å²) in [5.41, 5.74) is -0.0454. The smallest absolute Gasteiger partial charge is 0.416 e. The lowest BCUT2D eigenvalue weighted by molar-refractivity contribution is -0.147. The maximum Gasteiger partial charge on any atom is 0.416 e. The number of nitrogens with zero attached hydrogens (tertiary/aromatic N) is 1. The van der Waals surface area contributed by atoms with Crippen molar-refractivity contribution >= 4 is 11.9 Å². The third-order valence-electron chi connectivity index (χ3n) is 4.69. The fourth-order valence-corrected chi connectivity index (χ4v) is 3.16. The van der Waals surface area contributed by atoms with E-state index in [-0.39, 0.29) is 18.4 Å². The summed E-state index contributed by atoms with van der Waals surface area (Å²) in [5, 5.41) is 9.13. The van der Waals surface area contributed by atoms with E-state index in [2.05, 4.69) is 0 Å². The van der Waals surface area contributed by atoms with Gasteiger partial charge in [-0.25, -0.2) is 0 Å². The van der Waals surface area contributed by atoms with Gasteiger partial charge in [-0.2, -0.15) is 13.2 Å². The minimum absolute atomic E-state index is 0.117. The Balaban J connectivity index is 2.03. The van der Waals surface area contributed by atoms with Gasteiger partial charge in [0.15, 0.2) is 0 Å². The van der Waals surface area contributed by atoms with E-state index < -0.39 is 23.6 Å². The first-order valence-electron chi connectivity index (χ1n) is 8.40. The number of halogens is 3. The van der Waals surface area contributed by atoms with Gasteiger partial charge in [0, 0.05) is 19.0 Å². The van der Waals surface area contributed by atoms with Crippen LogP contribution in [-0.2, 0) is 22.2 Å². The van der Waals surface area contributed by atoms with Crippen molar-refractivity contribution in [2.45, 2.75) is 38.8 Å². The minimum Gasteiger partial charge on any atom is -0.481 e. The van der Waals surface area contributed by atoms with Crippen LogP contribution in [-0.4, -0.2) is 35.0 Å². The Morgan fingerprint density at radius 3 is 2.44 bits per heavy atom. The highest BCUT2D eigenvalue weighted by Gasteiger charge is 2.32. The van der Waals surface area contributed by atoms with Crippen molar-refractivity contribution in [1.29, 1.82) is 0 Å². The zero-order valence-corrected chi connectivity index (χ0v) is 14.1. The molecule has 0 aromatic heterocycles. The second kappa shape index (κ2) is 7.89. The molecule has 0 spiro atoms. The number of carbonyl (C=O) groups is 2. The average molecular weight is 357 g/mol. The van der Waals surface area contributed by atoms with E-state index >= 15 is 0 Å². The summed E-state index contributed by atoms with van der Waals surface area (Å²) in [5.74, 6) is -1.91. The number of carbonyl (C=O) groups excluding carboxylic acids is 1. The molecule has 1 amide bonds. The third kappa shape index (κ3) is 4.96. The van der Waals surface area contributed by atoms with Gasteiger partial charge >= 0.3 is 12.1 Å². The summed E-state index contributed by atoms with van der Waals surface area (Å²) >= 11 is 0. The molecule has 7 heteroatoms. The molecule has 25 heavy (non-hydrogen) atoms. The number of likely N-dealkylation sites (tertiary alicyclic amines) is 1. The van der Waals surface area contributed by atoms with Crippen LogP contribution >= 0.6 is 0 Å². The number of hydrogen-bond donors (Lipinski definition) is 1. The van der Waals surface area contributed by atoms with E-state index in [4.69, 9.17) is 5.11 Å². The predicted octanol–water partition coefficient (Wildman–Crippen LogP) is 3.60. The summed E-state index contributed by atoms with van der Waals surface area (Å²) in [7, 11) is 0. The number of piperidine rings is 1. The largest absolute Gasteiger partial charge is 0.481 e. The topological polar surface area (TPSA) is 57.6 Å². The molecule has 2 atom stereocenters. The molecule has 1 aliphatic rings. The van der Waals surface area contributed by atoms with Crippen LogP contribution in [0, 0.1) is 11.8 Å². The summed E-state index contributed by atoms with van der Waals surface area (Å²) in [4.78, 5) is 25.4. The fraction of sp³-hybridized carbons (Fsp3) is 0.556. The minimum atomic E-state index is -4.38. The first-order valence-corrected chi connectivity index (χ1v) is 8.40. The van der Waals surface area contributed by atoms with E-state index in [1.807, 2.05) is 6.92 Å². The molecule has 0 bridgehead atoms. The van der Waals surface area contributed by atoms with Gasteiger partial charge in [0.25, 0.3) is 0 Å². The van der Waals surface area contributed by atoms with Crippen LogP contribution in [0.15, 0.2) is 24.3 Å². The van der Waals surface area contributed by atoms with Gasteiger partial charge < -0.3 is 10.0 Å². The van der Waals surface area contributed by atoms with Crippen LogP contribution in [0.5, 0.6) is 0 Å². The van der Waals surface area contributed by atoms with Gasteiger partial charge in [-0.05, 0) is 43.4 Å². The lowest BCUT2D eigenvalue weighted by Gasteiger charge is -2.33. The molecule has 1 heterocycles. The van der Waals surface area contributed by atoms with Crippen LogP contribution in [0.2, 0.25) is 0 Å². The molecular formula is C18H22F3NO3. The van der Waals surface area contributed by atoms with Crippen molar-refractivity contribution in [1.82, 2.24) is 4.90 Å². The van der Waals surface area contributed by atoms with Gasteiger partial charge in [-0.1, -0.05) is 19.1 Å². The second-order valence-corrected chi connectivity index (χ2v) is 6.47. The van der Waals surface area contributed by atoms with Crippen LogP contribution in [0.1, 0.15) is 37.3 Å². The number of hydrogen-bond acceptors (Lipinski definition) is 2. The number of carboxylic acids is 1. The molecule has 1 saturated heterocycles. The van der Waals surface area contributed by atoms with Gasteiger partial charge in [0.2, 0.25) is 5.91 Å². The molecule has 1 fully saturated rings. The van der Waals surface area contributed by atoms with E-state index in [0.717, 1.165) is 12.1 Å². The quantitative estimate of drug-likeness (QED) is 0.876. The van der Waals surface area contributed by atoms with Crippen LogP contribution in [0.3, 0.4) is 0 Å². The van der Waals surface area contributed by atoms with Gasteiger partial charge in [0.05, 0.1) is 11.5 Å². The predicted molar refractivity (Wildman–Crippen MR) is 85.9 cm³/mol. The molecule has 0 aliphatic carbocycles. The molecule has 0 radical (unpaired) electrons. The number of carboxylic acid groups (broad SMARTS) is 1. The standard InChI is InChI=1S/C18H22F3NO3/c1-2-13(10-12-5-7-15(8-6-12)18(19,20)21)16(23)22-9-3-4-14(11-22)17(24)25/h5-8,13-14H,2-4,9-11H2,1H3,(H,24,25)/t13?,14-/m0/s1. The highest BCUT2D eigenvalue weighted by atomic mass is 19.4. The Bertz CT molecular complexity index is 613. The van der Waals surface area contributed by atoms with Crippen molar-refractivity contribution in [3.63, 3.8) is 0 Å². The molecule has 2 rings (SSSR count). The lowest BCUT2D eigenvalue weighted by Crippen LogP contribution is -2.45. The van der Waals surface area contributed by atoms with E-state index in [9.17, 15) is 22.8 Å². The number of benzene rings is 1. The van der Waals surface area contributed by atoms with E-state index in [1.54, 1.807) is 4.90 Å². The number of aliphatic carboxylic acids is 1. The van der Waals surface area contributed by atoms with Gasteiger partial charge in [0.1, 0.15) is 0 Å². The van der Waals surface area contributed by atoms with E-state index in [0.29, 0.717) is 37.8 Å². The lowest BCUT2D eigenvalue weighted by atomic mass is 9.92. The van der Waals surface area contributed by atoms with Crippen molar-refractivity contribution < 1.29 is 27.9 Å². The summed E-state index contributed by atoms with van der Waals surface area (Å²) in [6, 6.07) is 4.84. The van der Waals surface area contributed by atoms with Crippen molar-refractivity contribution in [3.8, 4) is 0 Å². The monoisotopic (exact) mass is 357 g/mol. The highest BCUT2D eigenvalue weighted by Crippen LogP contribution is 2.29. The molecule has 1 aromatic rings. The van der Waals surface area contributed by atoms with Crippen LogP contribution in [0.25, 0.3) is 0 Å². The zero-order valence-electron chi connectivity index (χ0n) is 14.1. The molecule has 4 nitrogen and oxygen atoms in total. The maximum atomic E-state index is 12.7. The van der Waals surface area contributed by atoms with Gasteiger partial charge in [-0.3, -0.25) is 9.59 Å². The molecule has 1 aromatic carbocycles. The average Bonchev–Trinajstić information content (AvgIpc) is 2.58. The Morgan fingerprint density at radius 1 is 1.28 bits per heavy atom. The first kappa shape index (κ1) is 19.3. The van der Waals surface area contributed by atoms with Crippen LogP contribution in [0.4, 0.5) is 13.2 Å². The molecule has 1 aliphatic heterocycles. The van der Waals surface area contributed by atoms with E-state index in [1.165, 1.54) is 12.1 Å². The Hall–Kier alpha value is -2.05. The number of rotatable bonds is 5. The maximum absolute atomic E-state index is 12.7. The SMILES string of the molecule is CCC(Cc1ccc(C(F)(F)F)cc1)C(=O)N1CCC[C@H](C(=O)O)C1. The molecule has 138 valence electrons. The summed E-state index contributed by atoms with van der Waals surface area (Å²) in [6.45, 7) is 2.59. The van der Waals surface area contributed by atoms with Crippen molar-refractivity contribution in [2.75, 3.05) is 13.1 Å². The third-order valence-corrected chi connectivity index (χ3v) is 4.69. The van der Waals surface area contributed by atoms with Crippen molar-refractivity contribution in [2.24, 2.45) is 11.8 Å². The molecular weight excluding hydrogens is 335 g/mol. The summed E-state index contributed by atoms with van der Waals surface area (Å²) in [6.07, 6.45) is -2.26. The zero-order chi connectivity index (χ0) is 18.6. The Labute approximate surface area is 144 Å². The Kier molecular flexibility index (Phi) is 6.08. The first-order chi connectivity index (χ1) is 11.7. The van der Waals surface area contributed by atoms with Gasteiger partial charge in [-0.15, -0.1) is 0 Å². The molecule has 0 saturated carbocycles. The fourth-order valence-electron chi connectivity index (χ4n) is 3.16. The number of alkyl halides is 3. The highest BCUT2D eigenvalue weighted by molar-refractivity contribution is 5.80. The molecule has 1 unspecified atom stereocenters. The summed E-state index contributed by atoms with van der Waals surface area (Å²) < 4.78 is 37.8. The number of amides is 1. The normalized spacial score (nSPS) is 19.5. The second-order valence-electron chi connectivity index (χ2n) is 6.47. The van der Waals surface area contributed by atoms with Crippen LogP contribution < -0.4 is 0 Å². The van der Waals surface area contributed by atoms with Crippen molar-refractivity contribution in [3.05, 3.63) is 35.4 Å². The molecule has 1 N–H and O–H groups in total.